The van der Waals surface area contributed by atoms with Gasteiger partial charge in [0.1, 0.15) is 10.8 Å². The molecule has 0 bridgehead atoms. The lowest BCUT2D eigenvalue weighted by Crippen LogP contribution is -2.37. The van der Waals surface area contributed by atoms with Crippen LogP contribution in [0.1, 0.15) is 29.1 Å². The van der Waals surface area contributed by atoms with E-state index in [2.05, 4.69) is 20.6 Å². The lowest BCUT2D eigenvalue weighted by molar-refractivity contribution is -0.140. The first-order chi connectivity index (χ1) is 12.9. The number of alkyl halides is 3. The summed E-state index contributed by atoms with van der Waals surface area (Å²) in [7, 11) is 1.61. The van der Waals surface area contributed by atoms with Gasteiger partial charge in [0, 0.05) is 19.0 Å². The summed E-state index contributed by atoms with van der Waals surface area (Å²) in [6.07, 6.45) is -2.66. The average molecular weight is 528 g/mol. The lowest BCUT2D eigenvalue weighted by atomic mass is 10.2. The van der Waals surface area contributed by atoms with Gasteiger partial charge in [-0.05, 0) is 31.9 Å². The lowest BCUT2D eigenvalue weighted by Gasteiger charge is -2.11. The predicted octanol–water partition coefficient (Wildman–Crippen LogP) is 4.61. The van der Waals surface area contributed by atoms with Crippen molar-refractivity contribution in [3.63, 3.8) is 0 Å². The minimum absolute atomic E-state index is 0. The highest BCUT2D eigenvalue weighted by atomic mass is 127. The van der Waals surface area contributed by atoms with Gasteiger partial charge in [-0.2, -0.15) is 13.2 Å². The Morgan fingerprint density at radius 3 is 2.50 bits per heavy atom. The number of nitrogens with one attached hydrogen (secondary N) is 2. The van der Waals surface area contributed by atoms with E-state index in [4.69, 9.17) is 4.74 Å². The summed E-state index contributed by atoms with van der Waals surface area (Å²) >= 11 is 0.970. The molecule has 0 saturated carbocycles. The first-order valence-electron chi connectivity index (χ1n) is 8.54. The number of hydrogen-bond donors (Lipinski definition) is 2. The third kappa shape index (κ3) is 8.63. The monoisotopic (exact) mass is 528 g/mol. The van der Waals surface area contributed by atoms with Crippen molar-refractivity contribution in [1.82, 2.24) is 15.6 Å². The smallest absolute Gasteiger partial charge is 0.434 e. The van der Waals surface area contributed by atoms with Crippen LogP contribution in [-0.4, -0.2) is 31.1 Å². The maximum Gasteiger partial charge on any atom is 0.434 e. The van der Waals surface area contributed by atoms with Crippen LogP contribution in [0.15, 0.2) is 34.6 Å². The van der Waals surface area contributed by atoms with Gasteiger partial charge in [-0.25, -0.2) is 4.98 Å². The van der Waals surface area contributed by atoms with Crippen molar-refractivity contribution < 1.29 is 17.9 Å². The molecule has 0 radical (unpaired) electrons. The molecule has 0 aliphatic heterocycles. The van der Waals surface area contributed by atoms with Crippen molar-refractivity contribution >= 4 is 41.3 Å². The Hall–Kier alpha value is -1.56. The molecule has 0 aliphatic carbocycles. The summed E-state index contributed by atoms with van der Waals surface area (Å²) in [6, 6.07) is 7.91. The van der Waals surface area contributed by atoms with Crippen LogP contribution in [0.25, 0.3) is 0 Å². The second kappa shape index (κ2) is 12.1. The Morgan fingerprint density at radius 1 is 1.18 bits per heavy atom. The highest BCUT2D eigenvalue weighted by Gasteiger charge is 2.33. The fourth-order valence-electron chi connectivity index (χ4n) is 2.16. The van der Waals surface area contributed by atoms with E-state index in [1.807, 2.05) is 31.2 Å². The number of unbranched alkanes of at least 4 members (excludes halogenated alkanes) is 1. The van der Waals surface area contributed by atoms with Crippen molar-refractivity contribution in [3.05, 3.63) is 45.9 Å². The standard InChI is InChI=1S/C18H23F3N4OS.HI/c1-13-5-7-14(8-6-13)26-10-4-3-9-23-17(22-2)24-11-16-25-15(12-27-16)18(19,20)21;/h5-8,12H,3-4,9-11H2,1-2H3,(H2,22,23,24);1H. The average Bonchev–Trinajstić information content (AvgIpc) is 3.11. The molecule has 0 aliphatic rings. The maximum absolute atomic E-state index is 12.5. The van der Waals surface area contributed by atoms with Crippen LogP contribution < -0.4 is 15.4 Å². The zero-order valence-electron chi connectivity index (χ0n) is 15.7. The molecule has 0 fully saturated rings. The van der Waals surface area contributed by atoms with Crippen LogP contribution in [0.5, 0.6) is 5.75 Å². The van der Waals surface area contributed by atoms with Gasteiger partial charge in [-0.15, -0.1) is 35.3 Å². The number of aryl methyl sites for hydroxylation is 1. The van der Waals surface area contributed by atoms with E-state index in [0.29, 0.717) is 24.1 Å². The Balaban J connectivity index is 0.00000392. The molecule has 0 saturated heterocycles. The zero-order chi connectivity index (χ0) is 19.7. The van der Waals surface area contributed by atoms with Crippen LogP contribution in [-0.2, 0) is 12.7 Å². The molecule has 1 heterocycles. The van der Waals surface area contributed by atoms with E-state index in [1.165, 1.54) is 5.56 Å². The normalized spacial score (nSPS) is 11.7. The minimum Gasteiger partial charge on any atom is -0.494 e. The van der Waals surface area contributed by atoms with Crippen LogP contribution in [0, 0.1) is 6.92 Å². The Morgan fingerprint density at radius 2 is 1.89 bits per heavy atom. The summed E-state index contributed by atoms with van der Waals surface area (Å²) in [5.74, 6) is 1.38. The summed E-state index contributed by atoms with van der Waals surface area (Å²) in [5, 5.41) is 7.45. The topological polar surface area (TPSA) is 58.5 Å². The number of ether oxygens (including phenoxy) is 1. The minimum atomic E-state index is -4.41. The van der Waals surface area contributed by atoms with Crippen molar-refractivity contribution in [1.29, 1.82) is 0 Å². The third-order valence-corrected chi connectivity index (χ3v) is 4.47. The molecule has 0 unspecified atom stereocenters. The van der Waals surface area contributed by atoms with Crippen LogP contribution in [0.3, 0.4) is 0 Å². The molecule has 28 heavy (non-hydrogen) atoms. The number of thiazole rings is 1. The predicted molar refractivity (Wildman–Crippen MR) is 117 cm³/mol. The van der Waals surface area contributed by atoms with Gasteiger partial charge in [0.25, 0.3) is 0 Å². The molecule has 156 valence electrons. The number of rotatable bonds is 8. The van der Waals surface area contributed by atoms with E-state index in [9.17, 15) is 13.2 Å². The first-order valence-corrected chi connectivity index (χ1v) is 9.42. The van der Waals surface area contributed by atoms with Gasteiger partial charge in [-0.1, -0.05) is 17.7 Å². The van der Waals surface area contributed by atoms with Crippen LogP contribution >= 0.6 is 35.3 Å². The summed E-state index contributed by atoms with van der Waals surface area (Å²) < 4.78 is 43.3. The maximum atomic E-state index is 12.5. The fourth-order valence-corrected chi connectivity index (χ4v) is 2.90. The molecular weight excluding hydrogens is 504 g/mol. The largest absolute Gasteiger partial charge is 0.494 e. The first kappa shape index (κ1) is 24.5. The van der Waals surface area contributed by atoms with E-state index in [0.717, 1.165) is 35.3 Å². The summed E-state index contributed by atoms with van der Waals surface area (Å²) in [6.45, 7) is 3.52. The van der Waals surface area contributed by atoms with E-state index in [1.54, 1.807) is 7.05 Å². The van der Waals surface area contributed by atoms with Crippen molar-refractivity contribution in [2.75, 3.05) is 20.2 Å². The molecule has 0 amide bonds. The second-order valence-corrected chi connectivity index (χ2v) is 6.79. The molecule has 10 heteroatoms. The SMILES string of the molecule is CN=C(NCCCCOc1ccc(C)cc1)NCc1nc(C(F)(F)F)cs1.I. The second-order valence-electron chi connectivity index (χ2n) is 5.85. The highest BCUT2D eigenvalue weighted by molar-refractivity contribution is 14.0. The van der Waals surface area contributed by atoms with Gasteiger partial charge in [0.2, 0.25) is 0 Å². The van der Waals surface area contributed by atoms with E-state index in [-0.39, 0.29) is 30.5 Å². The van der Waals surface area contributed by atoms with E-state index < -0.39 is 11.9 Å². The van der Waals surface area contributed by atoms with Crippen molar-refractivity contribution in [2.45, 2.75) is 32.5 Å². The number of aromatic nitrogens is 1. The number of benzene rings is 1. The Labute approximate surface area is 183 Å². The van der Waals surface area contributed by atoms with Gasteiger partial charge in [-0.3, -0.25) is 4.99 Å². The number of nitrogens with zero attached hydrogens (tertiary/aromatic N) is 2. The van der Waals surface area contributed by atoms with Crippen LogP contribution in [0.4, 0.5) is 13.2 Å². The fraction of sp³-hybridized carbons (Fsp3) is 0.444. The molecule has 1 aromatic heterocycles. The molecule has 5 nitrogen and oxygen atoms in total. The molecule has 2 N–H and O–H groups in total. The van der Waals surface area contributed by atoms with Crippen molar-refractivity contribution in [3.8, 4) is 5.75 Å². The summed E-state index contributed by atoms with van der Waals surface area (Å²) in [5.41, 5.74) is 0.332. The Bertz CT molecular complexity index is 735. The van der Waals surface area contributed by atoms with Gasteiger partial charge < -0.3 is 15.4 Å². The number of hydrogen-bond acceptors (Lipinski definition) is 4. The zero-order valence-corrected chi connectivity index (χ0v) is 18.8. The molecule has 0 spiro atoms. The molecule has 0 atom stereocenters. The quantitative estimate of drug-likeness (QED) is 0.228. The number of halogens is 4. The number of aliphatic imine (C=N–C) groups is 1. The number of guanidine groups is 1. The van der Waals surface area contributed by atoms with Gasteiger partial charge >= 0.3 is 6.18 Å². The molecule has 2 aromatic rings. The Kier molecular flexibility index (Phi) is 10.6. The molecule has 1 aromatic carbocycles. The van der Waals surface area contributed by atoms with Gasteiger partial charge in [0.15, 0.2) is 11.7 Å². The van der Waals surface area contributed by atoms with Gasteiger partial charge in [0.05, 0.1) is 13.2 Å². The molecular formula is C18H24F3IN4OS. The van der Waals surface area contributed by atoms with E-state index >= 15 is 0 Å². The third-order valence-electron chi connectivity index (χ3n) is 3.63. The van der Waals surface area contributed by atoms with Crippen molar-refractivity contribution in [2.24, 2.45) is 4.99 Å². The van der Waals surface area contributed by atoms with Crippen LogP contribution in [0.2, 0.25) is 0 Å². The highest BCUT2D eigenvalue weighted by Crippen LogP contribution is 2.29. The summed E-state index contributed by atoms with van der Waals surface area (Å²) in [4.78, 5) is 7.62. The molecule has 2 rings (SSSR count).